The van der Waals surface area contributed by atoms with Gasteiger partial charge < -0.3 is 14.4 Å². The van der Waals surface area contributed by atoms with Gasteiger partial charge in [-0.1, -0.05) is 67.8 Å². The van der Waals surface area contributed by atoms with E-state index in [4.69, 9.17) is 9.47 Å². The molecule has 0 amide bonds. The highest BCUT2D eigenvalue weighted by molar-refractivity contribution is 5.89. The average molecular weight is 554 g/mol. The Morgan fingerprint density at radius 3 is 2.21 bits per heavy atom. The Balaban J connectivity index is 1.41. The summed E-state index contributed by atoms with van der Waals surface area (Å²) in [6.07, 6.45) is 14.1. The predicted octanol–water partition coefficient (Wildman–Crippen LogP) is 8.35. The van der Waals surface area contributed by atoms with Gasteiger partial charge in [-0.15, -0.1) is 0 Å². The summed E-state index contributed by atoms with van der Waals surface area (Å²) in [6.45, 7) is 10.7. The summed E-state index contributed by atoms with van der Waals surface area (Å²) in [4.78, 5) is 26.2. The minimum absolute atomic E-state index is 0.170. The van der Waals surface area contributed by atoms with Crippen molar-refractivity contribution in [1.29, 1.82) is 0 Å². The number of ether oxygens (including phenoxy) is 2. The van der Waals surface area contributed by atoms with Gasteiger partial charge in [0.25, 0.3) is 0 Å². The Bertz CT molecular complexity index is 1750. The lowest BCUT2D eigenvalue weighted by molar-refractivity contribution is -0.140. The van der Waals surface area contributed by atoms with Crippen LogP contribution in [0.25, 0.3) is 6.08 Å². The molecule has 0 fully saturated rings. The average Bonchev–Trinajstić information content (AvgIpc) is 3.00. The zero-order valence-electron chi connectivity index (χ0n) is 23.7. The van der Waals surface area contributed by atoms with Crippen LogP contribution < -0.4 is 9.64 Å². The van der Waals surface area contributed by atoms with Gasteiger partial charge >= 0.3 is 11.9 Å². The number of carbonyl (C=O) groups excluding carboxylic acids is 2. The number of allylic oxidation sites excluding steroid dienone is 7. The fraction of sp³-hybridized carbons (Fsp3) is 0.135. The van der Waals surface area contributed by atoms with Crippen LogP contribution in [0.2, 0.25) is 0 Å². The second-order valence-corrected chi connectivity index (χ2v) is 10.8. The van der Waals surface area contributed by atoms with Crippen LogP contribution in [0.4, 0.5) is 17.1 Å². The molecule has 3 aliphatic carbocycles. The summed E-state index contributed by atoms with van der Waals surface area (Å²) >= 11 is 0. The molecule has 0 aliphatic heterocycles. The standard InChI is InChI=1S/C37H31NO4/c1-23(2)36(39)41-22-25-8-14-29(15-9-25)38(30-16-18-31(19-17-30)42-37(40)24(3)4)33-21-13-28-11-10-26-6-5-7-27-12-20-32(33)35(28)34(26)27/h5-19,21,34H,1,3,20,22H2,2,4H3. The van der Waals surface area contributed by atoms with Crippen LogP contribution in [0.1, 0.15) is 42.0 Å². The maximum atomic E-state index is 12.1. The van der Waals surface area contributed by atoms with E-state index in [1.165, 1.54) is 27.8 Å². The van der Waals surface area contributed by atoms with Crippen LogP contribution in [0.3, 0.4) is 0 Å². The molecule has 5 nitrogen and oxygen atoms in total. The second-order valence-electron chi connectivity index (χ2n) is 10.8. The summed E-state index contributed by atoms with van der Waals surface area (Å²) in [6, 6.07) is 19.9. The molecule has 1 unspecified atom stereocenters. The predicted molar refractivity (Wildman–Crippen MR) is 167 cm³/mol. The van der Waals surface area contributed by atoms with Crippen LogP contribution in [0.5, 0.6) is 5.75 Å². The van der Waals surface area contributed by atoms with Gasteiger partial charge in [-0.05, 0) is 96.1 Å². The third-order valence-electron chi connectivity index (χ3n) is 7.70. The summed E-state index contributed by atoms with van der Waals surface area (Å²) in [5, 5.41) is 0. The molecule has 5 heteroatoms. The number of carbonyl (C=O) groups is 2. The van der Waals surface area contributed by atoms with Crippen LogP contribution in [-0.2, 0) is 27.4 Å². The monoisotopic (exact) mass is 553 g/mol. The van der Waals surface area contributed by atoms with Crippen LogP contribution in [0.15, 0.2) is 126 Å². The fourth-order valence-corrected chi connectivity index (χ4v) is 5.61. The van der Waals surface area contributed by atoms with Gasteiger partial charge in [0.2, 0.25) is 0 Å². The van der Waals surface area contributed by atoms with Crippen molar-refractivity contribution in [2.24, 2.45) is 0 Å². The van der Waals surface area contributed by atoms with E-state index in [2.05, 4.69) is 66.6 Å². The van der Waals surface area contributed by atoms with E-state index in [1.54, 1.807) is 26.0 Å². The number of rotatable bonds is 8. The lowest BCUT2D eigenvalue weighted by Crippen LogP contribution is -2.21. The zero-order valence-corrected chi connectivity index (χ0v) is 23.7. The molecule has 208 valence electrons. The minimum atomic E-state index is -0.456. The quantitative estimate of drug-likeness (QED) is 0.159. The maximum absolute atomic E-state index is 12.1. The Morgan fingerprint density at radius 1 is 0.833 bits per heavy atom. The molecule has 0 heterocycles. The second kappa shape index (κ2) is 11.0. The SMILES string of the molecule is C=C(C)C(=O)OCc1ccc(N(c2ccc(OC(=O)C(=C)C)cc2)c2ccc3c4c2CC=C2C=CC=C(C=C3)C24)cc1. The summed E-state index contributed by atoms with van der Waals surface area (Å²) in [5.41, 5.74) is 11.1. The molecule has 0 radical (unpaired) electrons. The highest BCUT2D eigenvalue weighted by atomic mass is 16.5. The van der Waals surface area contributed by atoms with E-state index in [0.29, 0.717) is 16.9 Å². The van der Waals surface area contributed by atoms with Gasteiger partial charge in [-0.2, -0.15) is 0 Å². The third-order valence-corrected chi connectivity index (χ3v) is 7.70. The Hall–Kier alpha value is -5.16. The highest BCUT2D eigenvalue weighted by Gasteiger charge is 2.32. The van der Waals surface area contributed by atoms with Crippen molar-refractivity contribution in [3.63, 3.8) is 0 Å². The summed E-state index contributed by atoms with van der Waals surface area (Å²) < 4.78 is 10.8. The number of anilines is 3. The molecular weight excluding hydrogens is 522 g/mol. The smallest absolute Gasteiger partial charge is 0.338 e. The van der Waals surface area contributed by atoms with E-state index in [1.807, 2.05) is 36.4 Å². The van der Waals surface area contributed by atoms with E-state index in [-0.39, 0.29) is 12.5 Å². The Labute approximate surface area is 246 Å². The van der Waals surface area contributed by atoms with Gasteiger partial charge in [-0.25, -0.2) is 9.59 Å². The van der Waals surface area contributed by atoms with Crippen LogP contribution >= 0.6 is 0 Å². The van der Waals surface area contributed by atoms with Crippen LogP contribution in [0, 0.1) is 0 Å². The van der Waals surface area contributed by atoms with Crippen molar-refractivity contribution in [2.75, 3.05) is 4.90 Å². The summed E-state index contributed by atoms with van der Waals surface area (Å²) in [5.74, 6) is -0.180. The minimum Gasteiger partial charge on any atom is -0.457 e. The van der Waals surface area contributed by atoms with E-state index in [9.17, 15) is 9.59 Å². The summed E-state index contributed by atoms with van der Waals surface area (Å²) in [7, 11) is 0. The zero-order chi connectivity index (χ0) is 29.4. The van der Waals surface area contributed by atoms with Gasteiger partial charge in [-0.3, -0.25) is 0 Å². The van der Waals surface area contributed by atoms with Crippen molar-refractivity contribution in [1.82, 2.24) is 0 Å². The van der Waals surface area contributed by atoms with Crippen molar-refractivity contribution in [2.45, 2.75) is 32.8 Å². The third kappa shape index (κ3) is 5.06. The number of hydrogen-bond acceptors (Lipinski definition) is 5. The van der Waals surface area contributed by atoms with E-state index in [0.717, 1.165) is 29.0 Å². The largest absolute Gasteiger partial charge is 0.457 e. The number of nitrogens with zero attached hydrogens (tertiary/aromatic N) is 1. The number of hydrogen-bond donors (Lipinski definition) is 0. The topological polar surface area (TPSA) is 55.8 Å². The van der Waals surface area contributed by atoms with Crippen molar-refractivity contribution < 1.29 is 19.1 Å². The van der Waals surface area contributed by atoms with Gasteiger partial charge in [0, 0.05) is 34.1 Å². The first-order valence-electron chi connectivity index (χ1n) is 13.9. The molecule has 0 saturated heterocycles. The first-order valence-corrected chi connectivity index (χ1v) is 13.9. The molecule has 1 atom stereocenters. The molecule has 0 bridgehead atoms. The molecular formula is C37H31NO4. The van der Waals surface area contributed by atoms with Crippen molar-refractivity contribution >= 4 is 35.1 Å². The fourth-order valence-electron chi connectivity index (χ4n) is 5.61. The first-order chi connectivity index (χ1) is 20.3. The maximum Gasteiger partial charge on any atom is 0.338 e. The van der Waals surface area contributed by atoms with E-state index >= 15 is 0 Å². The Morgan fingerprint density at radius 2 is 1.52 bits per heavy atom. The molecule has 3 aliphatic rings. The number of benzene rings is 3. The highest BCUT2D eigenvalue weighted by Crippen LogP contribution is 2.50. The molecule has 42 heavy (non-hydrogen) atoms. The van der Waals surface area contributed by atoms with Crippen molar-refractivity contribution in [3.05, 3.63) is 149 Å². The molecule has 6 rings (SSSR count). The van der Waals surface area contributed by atoms with Gasteiger partial charge in [0.05, 0.1) is 0 Å². The molecule has 0 saturated carbocycles. The lowest BCUT2D eigenvalue weighted by Gasteiger charge is -2.36. The molecule has 0 aromatic heterocycles. The molecule has 0 spiro atoms. The van der Waals surface area contributed by atoms with Crippen molar-refractivity contribution in [3.8, 4) is 5.75 Å². The van der Waals surface area contributed by atoms with Crippen LogP contribution in [-0.4, -0.2) is 11.9 Å². The molecule has 3 aromatic rings. The Kier molecular flexibility index (Phi) is 7.09. The molecule has 3 aromatic carbocycles. The lowest BCUT2D eigenvalue weighted by atomic mass is 9.70. The first kappa shape index (κ1) is 27.0. The molecule has 0 N–H and O–H groups in total. The van der Waals surface area contributed by atoms with Gasteiger partial charge in [0.1, 0.15) is 12.4 Å². The van der Waals surface area contributed by atoms with E-state index < -0.39 is 11.9 Å². The normalized spacial score (nSPS) is 15.6. The van der Waals surface area contributed by atoms with Gasteiger partial charge in [0.15, 0.2) is 0 Å². The number of esters is 2.